The summed E-state index contributed by atoms with van der Waals surface area (Å²) in [7, 11) is 4.38. The lowest BCUT2D eigenvalue weighted by molar-refractivity contribution is -0.896. The van der Waals surface area contributed by atoms with Gasteiger partial charge in [-0.25, -0.2) is 4.79 Å². The Hall–Kier alpha value is -2.21. The van der Waals surface area contributed by atoms with Crippen molar-refractivity contribution < 1.29 is 18.5 Å². The van der Waals surface area contributed by atoms with Crippen LogP contribution in [0.5, 0.6) is 0 Å². The maximum Gasteiger partial charge on any atom is 0.358 e. The van der Waals surface area contributed by atoms with Gasteiger partial charge >= 0.3 is 5.97 Å². The van der Waals surface area contributed by atoms with Crippen molar-refractivity contribution in [3.63, 3.8) is 0 Å². The van der Waals surface area contributed by atoms with E-state index < -0.39 is 5.97 Å². The van der Waals surface area contributed by atoms with Crippen LogP contribution in [0.2, 0.25) is 0 Å². The standard InChI is InChI=1S/C22H30N3O3/c1-25(2)13-11-16(12-14-25)27-22(26)20(23)21-19-17-8-6-4-3-5-7-15(17)9-10-18(19)28-24-21/h9-10,16,23H,3-8,11-14H2,1-2H3/q+1. The smallest absolute Gasteiger partial charge is 0.358 e. The van der Waals surface area contributed by atoms with E-state index in [9.17, 15) is 4.79 Å². The lowest BCUT2D eigenvalue weighted by atomic mass is 9.90. The fourth-order valence-corrected chi connectivity index (χ4v) is 4.47. The van der Waals surface area contributed by atoms with Gasteiger partial charge in [0.25, 0.3) is 0 Å². The van der Waals surface area contributed by atoms with Crippen LogP contribution >= 0.6 is 0 Å². The number of carbonyl (C=O) groups excluding carboxylic acids is 1. The van der Waals surface area contributed by atoms with E-state index >= 15 is 0 Å². The SMILES string of the molecule is C[N+]1(C)CCC(OC(=O)C(=N)c2noc3ccc4c(c23)CCCCCC4)CC1. The topological polar surface area (TPSA) is 76.2 Å². The van der Waals surface area contributed by atoms with Crippen molar-refractivity contribution in [1.29, 1.82) is 5.41 Å². The number of benzene rings is 1. The first-order valence-corrected chi connectivity index (χ1v) is 10.5. The Morgan fingerprint density at radius 2 is 1.86 bits per heavy atom. The van der Waals surface area contributed by atoms with E-state index in [1.807, 2.05) is 6.07 Å². The van der Waals surface area contributed by atoms with Gasteiger partial charge in [0.05, 0.1) is 32.6 Å². The van der Waals surface area contributed by atoms with Crippen molar-refractivity contribution in [3.8, 4) is 0 Å². The van der Waals surface area contributed by atoms with E-state index in [1.165, 1.54) is 30.4 Å². The van der Waals surface area contributed by atoms with Gasteiger partial charge in [0.1, 0.15) is 11.8 Å². The molecule has 0 spiro atoms. The van der Waals surface area contributed by atoms with E-state index in [2.05, 4.69) is 25.3 Å². The first-order chi connectivity index (χ1) is 13.4. The molecule has 1 aromatic carbocycles. The van der Waals surface area contributed by atoms with Crippen LogP contribution in [0.15, 0.2) is 16.7 Å². The molecule has 6 nitrogen and oxygen atoms in total. The van der Waals surface area contributed by atoms with Crippen LogP contribution in [0, 0.1) is 5.41 Å². The number of nitrogens with zero attached hydrogens (tertiary/aromatic N) is 2. The van der Waals surface area contributed by atoms with E-state index in [-0.39, 0.29) is 11.8 Å². The number of aromatic nitrogens is 1. The van der Waals surface area contributed by atoms with Gasteiger partial charge in [0.2, 0.25) is 0 Å². The average molecular weight is 385 g/mol. The Morgan fingerprint density at radius 3 is 2.61 bits per heavy atom. The Kier molecular flexibility index (Phi) is 5.23. The molecule has 0 unspecified atom stereocenters. The highest BCUT2D eigenvalue weighted by Crippen LogP contribution is 2.31. The van der Waals surface area contributed by atoms with Crippen molar-refractivity contribution >= 4 is 22.7 Å². The number of ether oxygens (including phenoxy) is 1. The molecule has 1 saturated heterocycles. The van der Waals surface area contributed by atoms with Gasteiger partial charge in [-0.1, -0.05) is 24.1 Å². The van der Waals surface area contributed by atoms with Gasteiger partial charge in [0.15, 0.2) is 11.3 Å². The van der Waals surface area contributed by atoms with E-state index in [0.29, 0.717) is 11.3 Å². The van der Waals surface area contributed by atoms with Crippen LogP contribution in [0.1, 0.15) is 55.3 Å². The molecule has 0 amide bonds. The van der Waals surface area contributed by atoms with Crippen molar-refractivity contribution in [2.75, 3.05) is 27.2 Å². The van der Waals surface area contributed by atoms with E-state index in [0.717, 1.165) is 55.1 Å². The summed E-state index contributed by atoms with van der Waals surface area (Å²) < 4.78 is 12.1. The summed E-state index contributed by atoms with van der Waals surface area (Å²) in [5.74, 6) is -0.587. The van der Waals surface area contributed by atoms with Crippen LogP contribution in [-0.4, -0.2) is 54.6 Å². The summed E-state index contributed by atoms with van der Waals surface area (Å²) in [6, 6.07) is 4.04. The van der Waals surface area contributed by atoms with Gasteiger partial charge in [-0.05, 0) is 42.9 Å². The van der Waals surface area contributed by atoms with Gasteiger partial charge in [-0.3, -0.25) is 5.41 Å². The molecule has 1 aliphatic heterocycles. The Bertz CT molecular complexity index is 890. The van der Waals surface area contributed by atoms with Crippen LogP contribution in [-0.2, 0) is 22.4 Å². The van der Waals surface area contributed by atoms with Crippen molar-refractivity contribution in [3.05, 3.63) is 29.0 Å². The molecule has 0 atom stereocenters. The first kappa shape index (κ1) is 19.1. The molecule has 2 aromatic rings. The number of esters is 1. The molecule has 1 aliphatic carbocycles. The van der Waals surface area contributed by atoms with Gasteiger partial charge in [0, 0.05) is 12.8 Å². The molecule has 1 fully saturated rings. The molecule has 2 aliphatic rings. The quantitative estimate of drug-likeness (QED) is 0.498. The monoisotopic (exact) mass is 384 g/mol. The third kappa shape index (κ3) is 3.83. The maximum absolute atomic E-state index is 12.7. The Balaban J connectivity index is 1.57. The van der Waals surface area contributed by atoms with Gasteiger partial charge < -0.3 is 13.7 Å². The largest absolute Gasteiger partial charge is 0.457 e. The predicted octanol–water partition coefficient (Wildman–Crippen LogP) is 3.64. The fraction of sp³-hybridized carbons (Fsp3) is 0.591. The molecule has 1 aromatic heterocycles. The van der Waals surface area contributed by atoms with E-state index in [1.54, 1.807) is 0 Å². The number of fused-ring (bicyclic) bond motifs is 3. The van der Waals surface area contributed by atoms with Crippen LogP contribution in [0.4, 0.5) is 0 Å². The second kappa shape index (κ2) is 7.66. The van der Waals surface area contributed by atoms with Crippen LogP contribution in [0.3, 0.4) is 0 Å². The second-order valence-corrected chi connectivity index (χ2v) is 8.88. The third-order valence-corrected chi connectivity index (χ3v) is 6.29. The minimum Gasteiger partial charge on any atom is -0.457 e. The molecule has 2 heterocycles. The van der Waals surface area contributed by atoms with E-state index in [4.69, 9.17) is 14.7 Å². The number of likely N-dealkylation sites (tertiary alicyclic amines) is 1. The predicted molar refractivity (Wildman–Crippen MR) is 108 cm³/mol. The fourth-order valence-electron chi connectivity index (χ4n) is 4.47. The zero-order chi connectivity index (χ0) is 19.7. The molecule has 4 rings (SSSR count). The number of hydrogen-bond donors (Lipinski definition) is 1. The molecule has 0 bridgehead atoms. The highest BCUT2D eigenvalue weighted by Gasteiger charge is 2.31. The number of nitrogens with one attached hydrogen (secondary N) is 1. The lowest BCUT2D eigenvalue weighted by Crippen LogP contribution is -2.48. The normalized spacial score (nSPS) is 20.2. The Labute approximate surface area is 165 Å². The number of aryl methyl sites for hydroxylation is 2. The van der Waals surface area contributed by atoms with Crippen LogP contribution in [0.25, 0.3) is 11.0 Å². The number of hydrogen-bond acceptors (Lipinski definition) is 5. The molecule has 6 heteroatoms. The summed E-state index contributed by atoms with van der Waals surface area (Å²) >= 11 is 0. The number of rotatable bonds is 3. The highest BCUT2D eigenvalue weighted by atomic mass is 16.5. The Morgan fingerprint density at radius 1 is 1.14 bits per heavy atom. The molecule has 0 radical (unpaired) electrons. The lowest BCUT2D eigenvalue weighted by Gasteiger charge is -2.36. The highest BCUT2D eigenvalue weighted by molar-refractivity contribution is 6.43. The molecular formula is C22H30N3O3+. The molecule has 0 saturated carbocycles. The summed E-state index contributed by atoms with van der Waals surface area (Å²) in [5.41, 5.74) is 3.30. The van der Waals surface area contributed by atoms with Crippen molar-refractivity contribution in [1.82, 2.24) is 5.16 Å². The summed E-state index contributed by atoms with van der Waals surface area (Å²) in [6.45, 7) is 1.96. The minimum absolute atomic E-state index is 0.113. The maximum atomic E-state index is 12.7. The van der Waals surface area contributed by atoms with Gasteiger partial charge in [-0.15, -0.1) is 0 Å². The third-order valence-electron chi connectivity index (χ3n) is 6.29. The zero-order valence-corrected chi connectivity index (χ0v) is 16.9. The van der Waals surface area contributed by atoms with Crippen LogP contribution < -0.4 is 0 Å². The molecule has 28 heavy (non-hydrogen) atoms. The molecule has 1 N–H and O–H groups in total. The van der Waals surface area contributed by atoms with Gasteiger partial charge in [-0.2, -0.15) is 0 Å². The van der Waals surface area contributed by atoms with Crippen molar-refractivity contribution in [2.24, 2.45) is 0 Å². The second-order valence-electron chi connectivity index (χ2n) is 8.88. The number of carbonyl (C=O) groups is 1. The summed E-state index contributed by atoms with van der Waals surface area (Å²) in [4.78, 5) is 12.7. The summed E-state index contributed by atoms with van der Waals surface area (Å²) in [5, 5.41) is 13.4. The summed E-state index contributed by atoms with van der Waals surface area (Å²) in [6.07, 6.45) is 8.29. The zero-order valence-electron chi connectivity index (χ0n) is 16.9. The number of piperidine rings is 1. The minimum atomic E-state index is -0.587. The average Bonchev–Trinajstić information content (AvgIpc) is 3.07. The molecule has 150 valence electrons. The molecular weight excluding hydrogens is 354 g/mol. The number of quaternary nitrogens is 1. The van der Waals surface area contributed by atoms with Crippen molar-refractivity contribution in [2.45, 2.75) is 57.5 Å². The first-order valence-electron chi connectivity index (χ1n) is 10.5.